The van der Waals surface area contributed by atoms with Crippen molar-refractivity contribution in [1.29, 1.82) is 0 Å². The summed E-state index contributed by atoms with van der Waals surface area (Å²) in [6.07, 6.45) is -8.79. The number of hydrogen-bond acceptors (Lipinski definition) is 3. The van der Waals surface area contributed by atoms with Gasteiger partial charge in [-0.1, -0.05) is 0 Å². The number of aromatic amines is 1. The van der Waals surface area contributed by atoms with Gasteiger partial charge in [-0.05, 0) is 25.5 Å². The maximum atomic E-state index is 12.1. The van der Waals surface area contributed by atoms with Crippen LogP contribution in [0.3, 0.4) is 0 Å². The van der Waals surface area contributed by atoms with Gasteiger partial charge in [0.05, 0.1) is 5.56 Å². The molecule has 1 rings (SSSR count). The second-order valence-electron chi connectivity index (χ2n) is 4.02. The Kier molecular flexibility index (Phi) is 3.95. The quantitative estimate of drug-likeness (QED) is 0.812. The minimum absolute atomic E-state index is 0.288. The molecule has 1 atom stereocenters. The average Bonchev–Trinajstić information content (AvgIpc) is 2.13. The molecule has 1 unspecified atom stereocenters. The van der Waals surface area contributed by atoms with Crippen molar-refractivity contribution in [3.8, 4) is 0 Å². The van der Waals surface area contributed by atoms with Gasteiger partial charge in [-0.3, -0.25) is 9.59 Å². The number of aliphatic hydroxyl groups is 1. The summed E-state index contributed by atoms with van der Waals surface area (Å²) in [5.41, 5.74) is -0.295. The van der Waals surface area contributed by atoms with Gasteiger partial charge in [-0.15, -0.1) is 0 Å². The van der Waals surface area contributed by atoms with E-state index in [0.717, 1.165) is 0 Å². The van der Waals surface area contributed by atoms with Gasteiger partial charge in [0.15, 0.2) is 11.9 Å². The molecule has 0 saturated heterocycles. The first-order chi connectivity index (χ1) is 8.12. The molecular weight excluding hydrogens is 251 g/mol. The van der Waals surface area contributed by atoms with Crippen LogP contribution in [0.1, 0.15) is 28.0 Å². The second kappa shape index (κ2) is 4.93. The first-order valence-electron chi connectivity index (χ1n) is 5.11. The van der Waals surface area contributed by atoms with Gasteiger partial charge in [0.1, 0.15) is 0 Å². The minimum atomic E-state index is -4.87. The number of carbonyl (C=O) groups excluding carboxylic acids is 1. The predicted molar refractivity (Wildman–Crippen MR) is 57.5 cm³/mol. The maximum absolute atomic E-state index is 12.1. The fraction of sp³-hybridized carbons (Fsp3) is 0.455. The van der Waals surface area contributed by atoms with Crippen LogP contribution >= 0.6 is 0 Å². The number of H-pyrrole nitrogens is 1. The van der Waals surface area contributed by atoms with E-state index in [9.17, 15) is 22.8 Å². The largest absolute Gasteiger partial charge is 0.414 e. The van der Waals surface area contributed by atoms with Gasteiger partial charge in [0, 0.05) is 12.1 Å². The molecule has 0 aliphatic carbocycles. The molecule has 1 heterocycles. The molecule has 1 aromatic rings. The number of alkyl halides is 3. The topological polar surface area (TPSA) is 70.2 Å². The Morgan fingerprint density at radius 1 is 1.44 bits per heavy atom. The van der Waals surface area contributed by atoms with Crippen molar-refractivity contribution in [2.75, 3.05) is 0 Å². The van der Waals surface area contributed by atoms with Crippen molar-refractivity contribution in [1.82, 2.24) is 4.98 Å². The molecular formula is C11H12F3NO3. The second-order valence-corrected chi connectivity index (χ2v) is 4.02. The summed E-state index contributed by atoms with van der Waals surface area (Å²) in [4.78, 5) is 25.4. The number of pyridine rings is 1. The Balaban J connectivity index is 3.03. The Morgan fingerprint density at radius 3 is 2.44 bits per heavy atom. The van der Waals surface area contributed by atoms with Gasteiger partial charge >= 0.3 is 6.18 Å². The zero-order valence-corrected chi connectivity index (χ0v) is 9.76. The van der Waals surface area contributed by atoms with E-state index in [0.29, 0.717) is 5.69 Å². The number of aliphatic hydroxyl groups excluding tert-OH is 1. The highest BCUT2D eigenvalue weighted by molar-refractivity contribution is 5.97. The van der Waals surface area contributed by atoms with Crippen molar-refractivity contribution >= 4 is 5.78 Å². The molecule has 0 aliphatic heterocycles. The van der Waals surface area contributed by atoms with Crippen LogP contribution < -0.4 is 5.56 Å². The number of ketones is 1. The summed E-state index contributed by atoms with van der Waals surface area (Å²) in [7, 11) is 0. The lowest BCUT2D eigenvalue weighted by Gasteiger charge is -2.14. The van der Waals surface area contributed by atoms with E-state index >= 15 is 0 Å². The van der Waals surface area contributed by atoms with E-state index in [1.807, 2.05) is 0 Å². The molecule has 4 nitrogen and oxygen atoms in total. The summed E-state index contributed by atoms with van der Waals surface area (Å²) >= 11 is 0. The molecule has 1 aromatic heterocycles. The van der Waals surface area contributed by atoms with Gasteiger partial charge in [-0.2, -0.15) is 13.2 Å². The molecule has 0 radical (unpaired) electrons. The molecule has 0 spiro atoms. The maximum Gasteiger partial charge on any atom is 0.414 e. The van der Waals surface area contributed by atoms with Crippen molar-refractivity contribution in [3.63, 3.8) is 0 Å². The van der Waals surface area contributed by atoms with Crippen LogP contribution in [0.4, 0.5) is 13.2 Å². The Morgan fingerprint density at radius 2 is 2.00 bits per heavy atom. The molecule has 0 saturated carbocycles. The van der Waals surface area contributed by atoms with Crippen LogP contribution in [-0.2, 0) is 0 Å². The fourth-order valence-corrected chi connectivity index (χ4v) is 1.59. The first-order valence-corrected chi connectivity index (χ1v) is 5.11. The Hall–Kier alpha value is -1.63. The SMILES string of the molecule is Cc1cc(C)c(C(=O)CC(O)C(F)(F)F)c(=O)[nH]1. The third-order valence-electron chi connectivity index (χ3n) is 2.40. The Bertz CT molecular complexity index is 519. The van der Waals surface area contributed by atoms with Crippen molar-refractivity contribution in [3.05, 3.63) is 33.2 Å². The van der Waals surface area contributed by atoms with E-state index in [2.05, 4.69) is 4.98 Å². The number of carbonyl (C=O) groups is 1. The lowest BCUT2D eigenvalue weighted by Crippen LogP contribution is -2.32. The zero-order valence-electron chi connectivity index (χ0n) is 9.76. The normalized spacial score (nSPS) is 13.4. The summed E-state index contributed by atoms with van der Waals surface area (Å²) < 4.78 is 36.3. The lowest BCUT2D eigenvalue weighted by molar-refractivity contribution is -0.202. The first kappa shape index (κ1) is 14.4. The third kappa shape index (κ3) is 3.19. The lowest BCUT2D eigenvalue weighted by atomic mass is 10.0. The van der Waals surface area contributed by atoms with Crippen LogP contribution in [0.25, 0.3) is 0 Å². The van der Waals surface area contributed by atoms with Crippen molar-refractivity contribution < 1.29 is 23.1 Å². The van der Waals surface area contributed by atoms with Gasteiger partial charge in [0.25, 0.3) is 5.56 Å². The Labute approximate surface area is 100 Å². The molecule has 18 heavy (non-hydrogen) atoms. The van der Waals surface area contributed by atoms with E-state index in [-0.39, 0.29) is 11.1 Å². The van der Waals surface area contributed by atoms with Gasteiger partial charge in [-0.25, -0.2) is 0 Å². The van der Waals surface area contributed by atoms with Crippen LogP contribution in [-0.4, -0.2) is 28.2 Å². The van der Waals surface area contributed by atoms with E-state index in [1.165, 1.54) is 13.0 Å². The molecule has 0 bridgehead atoms. The molecule has 0 aromatic carbocycles. The van der Waals surface area contributed by atoms with Gasteiger partial charge < -0.3 is 10.1 Å². The number of hydrogen-bond donors (Lipinski definition) is 2. The standard InChI is InChI=1S/C11H12F3NO3/c1-5-3-6(2)15-10(18)9(5)7(16)4-8(17)11(12,13)14/h3,8,17H,4H2,1-2H3,(H,15,18). The zero-order chi connectivity index (χ0) is 14.1. The van der Waals surface area contributed by atoms with Gasteiger partial charge in [0.2, 0.25) is 0 Å². The summed E-state index contributed by atoms with van der Waals surface area (Å²) in [5, 5.41) is 8.80. The smallest absolute Gasteiger partial charge is 0.383 e. The minimum Gasteiger partial charge on any atom is -0.383 e. The summed E-state index contributed by atoms with van der Waals surface area (Å²) in [6, 6.07) is 1.48. The summed E-state index contributed by atoms with van der Waals surface area (Å²) in [5.74, 6) is -1.03. The summed E-state index contributed by atoms with van der Waals surface area (Å²) in [6.45, 7) is 3.04. The highest BCUT2D eigenvalue weighted by Crippen LogP contribution is 2.23. The van der Waals surface area contributed by atoms with Crippen LogP contribution in [0.15, 0.2) is 10.9 Å². The monoisotopic (exact) mass is 263 g/mol. The number of halogens is 3. The van der Waals surface area contributed by atoms with E-state index in [1.54, 1.807) is 6.92 Å². The van der Waals surface area contributed by atoms with Crippen molar-refractivity contribution in [2.45, 2.75) is 32.5 Å². The van der Waals surface area contributed by atoms with Crippen molar-refractivity contribution in [2.24, 2.45) is 0 Å². The van der Waals surface area contributed by atoms with E-state index < -0.39 is 30.0 Å². The molecule has 2 N–H and O–H groups in total. The fourth-order valence-electron chi connectivity index (χ4n) is 1.59. The number of aromatic nitrogens is 1. The third-order valence-corrected chi connectivity index (χ3v) is 2.40. The predicted octanol–water partition coefficient (Wildman–Crippen LogP) is 1.49. The van der Waals surface area contributed by atoms with E-state index in [4.69, 9.17) is 5.11 Å². The van der Waals surface area contributed by atoms with Crippen LogP contribution in [0, 0.1) is 13.8 Å². The highest BCUT2D eigenvalue weighted by atomic mass is 19.4. The van der Waals surface area contributed by atoms with Crippen LogP contribution in [0.5, 0.6) is 0 Å². The molecule has 0 fully saturated rings. The number of nitrogens with one attached hydrogen (secondary N) is 1. The molecule has 100 valence electrons. The van der Waals surface area contributed by atoms with Crippen LogP contribution in [0.2, 0.25) is 0 Å². The molecule has 0 amide bonds. The number of aryl methyl sites for hydroxylation is 2. The average molecular weight is 263 g/mol. The molecule has 7 heteroatoms. The number of rotatable bonds is 3. The number of Topliss-reactive ketones (excluding diaryl/α,β-unsaturated/α-hetero) is 1. The molecule has 0 aliphatic rings. The highest BCUT2D eigenvalue weighted by Gasteiger charge is 2.39.